The summed E-state index contributed by atoms with van der Waals surface area (Å²) in [5, 5.41) is 6.39. The van der Waals surface area contributed by atoms with E-state index >= 15 is 0 Å². The van der Waals surface area contributed by atoms with Gasteiger partial charge in [-0.15, -0.1) is 0 Å². The van der Waals surface area contributed by atoms with Crippen molar-refractivity contribution in [3.05, 3.63) is 129 Å². The highest BCUT2D eigenvalue weighted by Gasteiger charge is 2.29. The first-order valence-electron chi connectivity index (χ1n) is 17.6. The molecule has 52 heavy (non-hydrogen) atoms. The number of nitrogens with zero attached hydrogens (tertiary/aromatic N) is 6. The second-order valence-electron chi connectivity index (χ2n) is 13.8. The Hall–Kier alpha value is -5.53. The van der Waals surface area contributed by atoms with Crippen molar-refractivity contribution in [2.75, 3.05) is 26.2 Å². The highest BCUT2D eigenvalue weighted by molar-refractivity contribution is 5.93. The van der Waals surface area contributed by atoms with Crippen LogP contribution in [0.15, 0.2) is 88.8 Å². The zero-order valence-electron chi connectivity index (χ0n) is 28.7. The topological polar surface area (TPSA) is 119 Å². The van der Waals surface area contributed by atoms with E-state index in [2.05, 4.69) is 49.8 Å². The lowest BCUT2D eigenvalue weighted by Crippen LogP contribution is -2.45. The summed E-state index contributed by atoms with van der Waals surface area (Å²) in [7, 11) is 0. The number of carbonyl (C=O) groups excluding carboxylic acids is 1. The van der Waals surface area contributed by atoms with Gasteiger partial charge in [-0.25, -0.2) is 28.1 Å². The molecule has 1 saturated heterocycles. The van der Waals surface area contributed by atoms with Crippen molar-refractivity contribution in [3.8, 4) is 16.8 Å². The fourth-order valence-electron chi connectivity index (χ4n) is 7.54. The third-order valence-electron chi connectivity index (χ3n) is 10.2. The molecule has 2 N–H and O–H groups in total. The number of fused-ring (bicyclic) bond motifs is 2. The normalized spacial score (nSPS) is 18.2. The van der Waals surface area contributed by atoms with Crippen molar-refractivity contribution >= 4 is 22.6 Å². The van der Waals surface area contributed by atoms with E-state index in [0.717, 1.165) is 61.7 Å². The van der Waals surface area contributed by atoms with Crippen LogP contribution in [-0.4, -0.2) is 66.5 Å². The highest BCUT2D eigenvalue weighted by atomic mass is 19.1. The molecule has 6 aromatic rings. The van der Waals surface area contributed by atoms with Gasteiger partial charge in [-0.2, -0.15) is 0 Å². The molecule has 13 heteroatoms. The molecule has 0 spiro atoms. The number of halogens is 2. The van der Waals surface area contributed by atoms with Crippen LogP contribution < -0.4 is 21.9 Å². The average Bonchev–Trinajstić information content (AvgIpc) is 3.57. The molecule has 1 aliphatic carbocycles. The molecule has 0 atom stereocenters. The minimum atomic E-state index is -0.673. The maximum Gasteiger partial charge on any atom is 0.337 e. The monoisotopic (exact) mass is 704 g/mol. The molecule has 266 valence electrons. The van der Waals surface area contributed by atoms with E-state index < -0.39 is 28.9 Å². The van der Waals surface area contributed by atoms with Gasteiger partial charge in [0.1, 0.15) is 23.0 Å². The number of pyridine rings is 2. The number of hydrogen-bond acceptors (Lipinski definition) is 7. The number of piperazine rings is 1. The van der Waals surface area contributed by atoms with Gasteiger partial charge in [0.05, 0.1) is 17.3 Å². The molecule has 2 fully saturated rings. The number of carbonyl (C=O) groups is 1. The molecule has 2 aromatic carbocycles. The highest BCUT2D eigenvalue weighted by Crippen LogP contribution is 2.29. The Bertz CT molecular complexity index is 2420. The van der Waals surface area contributed by atoms with Gasteiger partial charge in [0.25, 0.3) is 11.5 Å². The molecule has 1 amide bonds. The first-order valence-corrected chi connectivity index (χ1v) is 17.6. The number of hydrogen-bond donors (Lipinski definition) is 2. The van der Waals surface area contributed by atoms with E-state index in [9.17, 15) is 23.2 Å². The van der Waals surface area contributed by atoms with Gasteiger partial charge in [0.15, 0.2) is 5.65 Å². The zero-order chi connectivity index (χ0) is 35.9. The maximum atomic E-state index is 14.6. The van der Waals surface area contributed by atoms with Crippen molar-refractivity contribution in [1.29, 1.82) is 0 Å². The first kappa shape index (κ1) is 33.6. The Balaban J connectivity index is 1.07. The van der Waals surface area contributed by atoms with Crippen LogP contribution in [0, 0.1) is 18.6 Å². The molecule has 8 rings (SSSR count). The summed E-state index contributed by atoms with van der Waals surface area (Å²) in [6, 6.07) is 17.5. The van der Waals surface area contributed by atoms with Crippen LogP contribution in [0.25, 0.3) is 33.5 Å². The number of benzene rings is 2. The molecule has 1 aliphatic heterocycles. The van der Waals surface area contributed by atoms with E-state index in [1.807, 2.05) is 25.1 Å². The van der Waals surface area contributed by atoms with E-state index in [4.69, 9.17) is 0 Å². The summed E-state index contributed by atoms with van der Waals surface area (Å²) < 4.78 is 32.3. The standard InChI is InChI=1S/C39H38F2N8O3/c1-24-16-27(26-4-2-25(3-5-26)21-46-14-12-42-13-15-46)18-32(17-24)48-36-33(19-29(41)20-43-36)38(51)49(39(48)52)31-9-7-30(8-10-31)44-37(50)34-23-47-22-28(40)6-11-35(47)45-34/h2-6,11,16-20,22-23,30-31,42H,7-10,12-15,21H2,1H3,(H,44,50). The lowest BCUT2D eigenvalue weighted by atomic mass is 9.90. The molecule has 0 unspecified atom stereocenters. The molecule has 2 aliphatic rings. The van der Waals surface area contributed by atoms with Crippen molar-refractivity contribution in [3.63, 3.8) is 0 Å². The Morgan fingerprint density at radius 1 is 0.904 bits per heavy atom. The van der Waals surface area contributed by atoms with Crippen molar-refractivity contribution < 1.29 is 13.6 Å². The number of rotatable bonds is 7. The van der Waals surface area contributed by atoms with Crippen molar-refractivity contribution in [2.24, 2.45) is 0 Å². The number of aryl methyl sites for hydroxylation is 1. The second-order valence-corrected chi connectivity index (χ2v) is 13.8. The molecule has 11 nitrogen and oxygen atoms in total. The minimum Gasteiger partial charge on any atom is -0.348 e. The van der Waals surface area contributed by atoms with Gasteiger partial charge >= 0.3 is 5.69 Å². The summed E-state index contributed by atoms with van der Waals surface area (Å²) >= 11 is 0. The van der Waals surface area contributed by atoms with Crippen LogP contribution in [0.4, 0.5) is 8.78 Å². The van der Waals surface area contributed by atoms with Gasteiger partial charge in [-0.05, 0) is 85.2 Å². The summed E-state index contributed by atoms with van der Waals surface area (Å²) in [6.45, 7) is 6.83. The summed E-state index contributed by atoms with van der Waals surface area (Å²) in [5.74, 6) is -1.50. The van der Waals surface area contributed by atoms with Gasteiger partial charge in [-0.1, -0.05) is 30.3 Å². The summed E-state index contributed by atoms with van der Waals surface area (Å²) in [6.07, 6.45) is 5.62. The Morgan fingerprint density at radius 3 is 2.44 bits per heavy atom. The van der Waals surface area contributed by atoms with Gasteiger partial charge in [0.2, 0.25) is 0 Å². The minimum absolute atomic E-state index is 0.0126. The van der Waals surface area contributed by atoms with Crippen molar-refractivity contribution in [2.45, 2.75) is 51.2 Å². The number of amides is 1. The summed E-state index contributed by atoms with van der Waals surface area (Å²) in [4.78, 5) is 52.3. The number of aromatic nitrogens is 5. The van der Waals surface area contributed by atoms with Crippen LogP contribution in [0.5, 0.6) is 0 Å². The molecule has 1 saturated carbocycles. The van der Waals surface area contributed by atoms with Crippen LogP contribution in [0.2, 0.25) is 0 Å². The van der Waals surface area contributed by atoms with Crippen LogP contribution in [-0.2, 0) is 6.54 Å². The second kappa shape index (κ2) is 13.9. The number of imidazole rings is 1. The average molecular weight is 705 g/mol. The Labute approximate surface area is 297 Å². The third-order valence-corrected chi connectivity index (χ3v) is 10.2. The lowest BCUT2D eigenvalue weighted by molar-refractivity contribution is 0.0917. The quantitative estimate of drug-likeness (QED) is 0.246. The molecule has 4 aromatic heterocycles. The smallest absolute Gasteiger partial charge is 0.337 e. The van der Waals surface area contributed by atoms with Crippen LogP contribution in [0.1, 0.15) is 53.3 Å². The fourth-order valence-corrected chi connectivity index (χ4v) is 7.54. The fraction of sp³-hybridized carbons (Fsp3) is 0.308. The lowest BCUT2D eigenvalue weighted by Gasteiger charge is -2.30. The molecular weight excluding hydrogens is 666 g/mol. The molecule has 0 radical (unpaired) electrons. The van der Waals surface area contributed by atoms with E-state index in [-0.39, 0.29) is 28.7 Å². The largest absolute Gasteiger partial charge is 0.348 e. The van der Waals surface area contributed by atoms with E-state index in [1.54, 1.807) is 0 Å². The maximum absolute atomic E-state index is 14.6. The zero-order valence-corrected chi connectivity index (χ0v) is 28.7. The van der Waals surface area contributed by atoms with Crippen molar-refractivity contribution in [1.82, 2.24) is 39.0 Å². The predicted molar refractivity (Wildman–Crippen MR) is 194 cm³/mol. The Morgan fingerprint density at radius 2 is 1.67 bits per heavy atom. The predicted octanol–water partition coefficient (Wildman–Crippen LogP) is 4.77. The first-order chi connectivity index (χ1) is 25.2. The van der Waals surface area contributed by atoms with Crippen LogP contribution >= 0.6 is 0 Å². The Kier molecular flexibility index (Phi) is 8.97. The number of nitrogens with one attached hydrogen (secondary N) is 2. The van der Waals surface area contributed by atoms with Gasteiger partial charge < -0.3 is 15.0 Å². The summed E-state index contributed by atoms with van der Waals surface area (Å²) in [5.41, 5.74) is 4.09. The van der Waals surface area contributed by atoms with E-state index in [1.165, 1.54) is 43.6 Å². The van der Waals surface area contributed by atoms with Gasteiger partial charge in [0, 0.05) is 57.2 Å². The van der Waals surface area contributed by atoms with Gasteiger partial charge in [-0.3, -0.25) is 19.1 Å². The SMILES string of the molecule is Cc1cc(-c2ccc(CN3CCNCC3)cc2)cc(-n2c(=O)n(C3CCC(NC(=O)c4cn5cc(F)ccc5n4)CC3)c(=O)c3cc(F)cnc32)c1. The molecule has 5 heterocycles. The molecular formula is C39H38F2N8O3. The van der Waals surface area contributed by atoms with Crippen LogP contribution in [0.3, 0.4) is 0 Å². The molecule has 0 bridgehead atoms. The third kappa shape index (κ3) is 6.64. The van der Waals surface area contributed by atoms with E-state index in [0.29, 0.717) is 37.0 Å².